The van der Waals surface area contributed by atoms with Crippen molar-refractivity contribution in [3.05, 3.63) is 35.4 Å². The van der Waals surface area contributed by atoms with Crippen LogP contribution in [-0.4, -0.2) is 19.4 Å². The lowest BCUT2D eigenvalue weighted by Gasteiger charge is -2.14. The first-order valence-electron chi connectivity index (χ1n) is 6.41. The van der Waals surface area contributed by atoms with Crippen molar-refractivity contribution in [2.45, 2.75) is 38.4 Å². The first kappa shape index (κ1) is 16.0. The SMILES string of the molecule is CCCc1cccc(C(N)CCOCC(F)(F)F)c1. The molecule has 0 saturated carbocycles. The number of aryl methyl sites for hydroxylation is 1. The Hall–Kier alpha value is -1.07. The van der Waals surface area contributed by atoms with Gasteiger partial charge in [0.2, 0.25) is 0 Å². The Kier molecular flexibility index (Phi) is 6.31. The predicted octanol–water partition coefficient (Wildman–Crippen LogP) is 3.61. The van der Waals surface area contributed by atoms with Gasteiger partial charge < -0.3 is 10.5 Å². The molecule has 108 valence electrons. The van der Waals surface area contributed by atoms with Crippen LogP contribution in [0.25, 0.3) is 0 Å². The third-order valence-corrected chi connectivity index (χ3v) is 2.76. The molecular formula is C14H20F3NO. The Morgan fingerprint density at radius 1 is 1.32 bits per heavy atom. The van der Waals surface area contributed by atoms with E-state index in [0.717, 1.165) is 18.4 Å². The van der Waals surface area contributed by atoms with Crippen LogP contribution in [-0.2, 0) is 11.2 Å². The summed E-state index contributed by atoms with van der Waals surface area (Å²) in [7, 11) is 0. The van der Waals surface area contributed by atoms with Gasteiger partial charge >= 0.3 is 6.18 Å². The maximum absolute atomic E-state index is 11.9. The Balaban J connectivity index is 2.40. The molecule has 0 bridgehead atoms. The van der Waals surface area contributed by atoms with Crippen LogP contribution < -0.4 is 5.73 Å². The van der Waals surface area contributed by atoms with Crippen molar-refractivity contribution in [1.82, 2.24) is 0 Å². The van der Waals surface area contributed by atoms with E-state index in [0.29, 0.717) is 6.42 Å². The molecule has 5 heteroatoms. The van der Waals surface area contributed by atoms with E-state index in [1.165, 1.54) is 5.56 Å². The van der Waals surface area contributed by atoms with E-state index in [1.54, 1.807) is 0 Å². The molecule has 0 fully saturated rings. The van der Waals surface area contributed by atoms with E-state index >= 15 is 0 Å². The molecule has 1 aromatic rings. The third kappa shape index (κ3) is 6.59. The molecule has 0 aliphatic heterocycles. The molecule has 19 heavy (non-hydrogen) atoms. The van der Waals surface area contributed by atoms with Crippen LogP contribution in [0.2, 0.25) is 0 Å². The van der Waals surface area contributed by atoms with Crippen molar-refractivity contribution >= 4 is 0 Å². The summed E-state index contributed by atoms with van der Waals surface area (Å²) in [4.78, 5) is 0. The van der Waals surface area contributed by atoms with Crippen LogP contribution in [0.5, 0.6) is 0 Å². The van der Waals surface area contributed by atoms with Crippen LogP contribution >= 0.6 is 0 Å². The van der Waals surface area contributed by atoms with Crippen molar-refractivity contribution in [1.29, 1.82) is 0 Å². The van der Waals surface area contributed by atoms with Crippen LogP contribution in [0, 0.1) is 0 Å². The Labute approximate surface area is 111 Å². The van der Waals surface area contributed by atoms with E-state index in [1.807, 2.05) is 24.3 Å². The molecule has 0 amide bonds. The van der Waals surface area contributed by atoms with E-state index in [4.69, 9.17) is 5.73 Å². The van der Waals surface area contributed by atoms with Crippen molar-refractivity contribution in [3.63, 3.8) is 0 Å². The highest BCUT2D eigenvalue weighted by molar-refractivity contribution is 5.25. The normalized spacial score (nSPS) is 13.5. The Morgan fingerprint density at radius 2 is 2.05 bits per heavy atom. The van der Waals surface area contributed by atoms with Crippen LogP contribution in [0.15, 0.2) is 24.3 Å². The number of nitrogens with two attached hydrogens (primary N) is 1. The highest BCUT2D eigenvalue weighted by atomic mass is 19.4. The van der Waals surface area contributed by atoms with Gasteiger partial charge in [0.05, 0.1) is 0 Å². The lowest BCUT2D eigenvalue weighted by atomic mass is 10.0. The van der Waals surface area contributed by atoms with E-state index in [-0.39, 0.29) is 12.6 Å². The minimum atomic E-state index is -4.27. The van der Waals surface area contributed by atoms with Crippen molar-refractivity contribution in [2.75, 3.05) is 13.2 Å². The van der Waals surface area contributed by atoms with Gasteiger partial charge in [-0.15, -0.1) is 0 Å². The summed E-state index contributed by atoms with van der Waals surface area (Å²) in [5.74, 6) is 0. The van der Waals surface area contributed by atoms with Crippen LogP contribution in [0.3, 0.4) is 0 Å². The maximum atomic E-state index is 11.9. The molecule has 1 atom stereocenters. The molecule has 0 heterocycles. The van der Waals surface area contributed by atoms with Gasteiger partial charge in [-0.3, -0.25) is 0 Å². The van der Waals surface area contributed by atoms with Crippen LogP contribution in [0.1, 0.15) is 36.9 Å². The van der Waals surface area contributed by atoms with Gasteiger partial charge in [-0.1, -0.05) is 37.6 Å². The zero-order valence-electron chi connectivity index (χ0n) is 11.0. The monoisotopic (exact) mass is 275 g/mol. The maximum Gasteiger partial charge on any atom is 0.411 e. The Morgan fingerprint density at radius 3 is 2.68 bits per heavy atom. The smallest absolute Gasteiger partial charge is 0.372 e. The average molecular weight is 275 g/mol. The third-order valence-electron chi connectivity index (χ3n) is 2.76. The number of ether oxygens (including phenoxy) is 1. The summed E-state index contributed by atoms with van der Waals surface area (Å²) in [6.45, 7) is 0.895. The molecule has 2 nitrogen and oxygen atoms in total. The average Bonchev–Trinajstić information content (AvgIpc) is 2.34. The number of hydrogen-bond acceptors (Lipinski definition) is 2. The van der Waals surface area contributed by atoms with Gasteiger partial charge in [-0.25, -0.2) is 0 Å². The molecule has 0 radical (unpaired) electrons. The first-order valence-corrected chi connectivity index (χ1v) is 6.41. The molecular weight excluding hydrogens is 255 g/mol. The number of alkyl halides is 3. The molecule has 0 aliphatic carbocycles. The van der Waals surface area contributed by atoms with Gasteiger partial charge in [-0.2, -0.15) is 13.2 Å². The fourth-order valence-corrected chi connectivity index (χ4v) is 1.83. The quantitative estimate of drug-likeness (QED) is 0.771. The minimum Gasteiger partial charge on any atom is -0.372 e. The Bertz CT molecular complexity index is 379. The fourth-order valence-electron chi connectivity index (χ4n) is 1.83. The van der Waals surface area contributed by atoms with E-state index in [9.17, 15) is 13.2 Å². The molecule has 0 spiro atoms. The van der Waals surface area contributed by atoms with Gasteiger partial charge in [-0.05, 0) is 24.0 Å². The molecule has 1 aromatic carbocycles. The lowest BCUT2D eigenvalue weighted by Crippen LogP contribution is -2.19. The van der Waals surface area contributed by atoms with Crippen molar-refractivity contribution < 1.29 is 17.9 Å². The number of halogens is 3. The first-order chi connectivity index (χ1) is 8.92. The second kappa shape index (κ2) is 7.50. The number of benzene rings is 1. The highest BCUT2D eigenvalue weighted by Crippen LogP contribution is 2.18. The fraction of sp³-hybridized carbons (Fsp3) is 0.571. The van der Waals surface area contributed by atoms with E-state index < -0.39 is 12.8 Å². The van der Waals surface area contributed by atoms with Crippen LogP contribution in [0.4, 0.5) is 13.2 Å². The number of rotatable bonds is 7. The summed E-state index contributed by atoms with van der Waals surface area (Å²) in [6, 6.07) is 7.58. The molecule has 0 aromatic heterocycles. The minimum absolute atomic E-state index is 0.0126. The standard InChI is InChI=1S/C14H20F3NO/c1-2-4-11-5-3-6-12(9-11)13(18)7-8-19-10-14(15,16)17/h3,5-6,9,13H,2,4,7-8,10,18H2,1H3. The topological polar surface area (TPSA) is 35.2 Å². The zero-order valence-corrected chi connectivity index (χ0v) is 11.0. The molecule has 0 saturated heterocycles. The summed E-state index contributed by atoms with van der Waals surface area (Å²) >= 11 is 0. The van der Waals surface area contributed by atoms with E-state index in [2.05, 4.69) is 11.7 Å². The second-order valence-electron chi connectivity index (χ2n) is 4.56. The lowest BCUT2D eigenvalue weighted by molar-refractivity contribution is -0.174. The summed E-state index contributed by atoms with van der Waals surface area (Å²) in [5.41, 5.74) is 8.10. The molecule has 1 rings (SSSR count). The predicted molar refractivity (Wildman–Crippen MR) is 68.9 cm³/mol. The van der Waals surface area contributed by atoms with Gasteiger partial charge in [0.25, 0.3) is 0 Å². The van der Waals surface area contributed by atoms with Crippen molar-refractivity contribution in [2.24, 2.45) is 5.73 Å². The summed E-state index contributed by atoms with van der Waals surface area (Å²) in [6.07, 6.45) is -1.87. The van der Waals surface area contributed by atoms with Gasteiger partial charge in [0.1, 0.15) is 6.61 Å². The summed E-state index contributed by atoms with van der Waals surface area (Å²) in [5, 5.41) is 0. The van der Waals surface area contributed by atoms with Crippen molar-refractivity contribution in [3.8, 4) is 0 Å². The highest BCUT2D eigenvalue weighted by Gasteiger charge is 2.27. The molecule has 0 aliphatic rings. The zero-order chi connectivity index (χ0) is 14.3. The molecule has 2 N–H and O–H groups in total. The molecule has 1 unspecified atom stereocenters. The number of hydrogen-bond donors (Lipinski definition) is 1. The second-order valence-corrected chi connectivity index (χ2v) is 4.56. The largest absolute Gasteiger partial charge is 0.411 e. The van der Waals surface area contributed by atoms with Gasteiger partial charge in [0.15, 0.2) is 0 Å². The summed E-state index contributed by atoms with van der Waals surface area (Å²) < 4.78 is 40.2. The van der Waals surface area contributed by atoms with Gasteiger partial charge in [0, 0.05) is 12.6 Å².